The van der Waals surface area contributed by atoms with Gasteiger partial charge in [0.1, 0.15) is 6.10 Å². The first-order chi connectivity index (χ1) is 8.82. The van der Waals surface area contributed by atoms with Crippen LogP contribution in [0, 0.1) is 17.0 Å². The first kappa shape index (κ1) is 15.0. The van der Waals surface area contributed by atoms with E-state index in [0.717, 1.165) is 6.07 Å². The second-order valence-corrected chi connectivity index (χ2v) is 3.87. The number of non-ortho nitro benzene ring substituents is 1. The molecule has 1 rings (SSSR count). The molecule has 1 atom stereocenters. The van der Waals surface area contributed by atoms with E-state index in [4.69, 9.17) is 5.11 Å². The van der Waals surface area contributed by atoms with E-state index in [1.807, 2.05) is 0 Å². The van der Waals surface area contributed by atoms with Crippen molar-refractivity contribution in [3.05, 3.63) is 39.4 Å². The maximum Gasteiger partial charge on any atom is 0.270 e. The van der Waals surface area contributed by atoms with Crippen LogP contribution in [-0.2, 0) is 0 Å². The van der Waals surface area contributed by atoms with Gasteiger partial charge < -0.3 is 10.4 Å². The van der Waals surface area contributed by atoms with Gasteiger partial charge in [-0.1, -0.05) is 6.07 Å². The van der Waals surface area contributed by atoms with E-state index in [9.17, 15) is 23.7 Å². The van der Waals surface area contributed by atoms with E-state index in [-0.39, 0.29) is 11.3 Å². The zero-order valence-corrected chi connectivity index (χ0v) is 9.97. The molecule has 0 saturated heterocycles. The van der Waals surface area contributed by atoms with Gasteiger partial charge in [-0.2, -0.15) is 0 Å². The standard InChI is InChI=1S/C11H12F2N2O4/c1-6-2-3-7(15(18)19)4-8(6)11(17)14-5-9(16)10(12)13/h2-4,9-10,16H,5H2,1H3,(H,14,17). The minimum atomic E-state index is -2.97. The van der Waals surface area contributed by atoms with E-state index in [1.165, 1.54) is 12.1 Å². The summed E-state index contributed by atoms with van der Waals surface area (Å²) in [6, 6.07) is 3.68. The summed E-state index contributed by atoms with van der Waals surface area (Å²) in [5.41, 5.74) is 0.204. The molecule has 0 heterocycles. The number of amides is 1. The van der Waals surface area contributed by atoms with E-state index in [2.05, 4.69) is 5.32 Å². The van der Waals surface area contributed by atoms with E-state index >= 15 is 0 Å². The van der Waals surface area contributed by atoms with Gasteiger partial charge in [-0.05, 0) is 12.5 Å². The number of nitrogens with zero attached hydrogens (tertiary/aromatic N) is 1. The number of aliphatic hydroxyl groups is 1. The van der Waals surface area contributed by atoms with Crippen molar-refractivity contribution < 1.29 is 23.6 Å². The molecule has 1 amide bonds. The second kappa shape index (κ2) is 6.19. The predicted molar refractivity (Wildman–Crippen MR) is 62.2 cm³/mol. The summed E-state index contributed by atoms with van der Waals surface area (Å²) < 4.78 is 24.1. The number of rotatable bonds is 5. The number of halogens is 2. The minimum Gasteiger partial charge on any atom is -0.385 e. The monoisotopic (exact) mass is 274 g/mol. The summed E-state index contributed by atoms with van der Waals surface area (Å²) in [5, 5.41) is 21.5. The first-order valence-corrected chi connectivity index (χ1v) is 5.32. The molecule has 8 heteroatoms. The Morgan fingerprint density at radius 3 is 2.68 bits per heavy atom. The third kappa shape index (κ3) is 3.95. The lowest BCUT2D eigenvalue weighted by molar-refractivity contribution is -0.384. The van der Waals surface area contributed by atoms with Crippen molar-refractivity contribution in [2.24, 2.45) is 0 Å². The van der Waals surface area contributed by atoms with Crippen LogP contribution in [0.2, 0.25) is 0 Å². The molecule has 104 valence electrons. The lowest BCUT2D eigenvalue weighted by Crippen LogP contribution is -2.36. The Kier molecular flexibility index (Phi) is 4.87. The molecule has 19 heavy (non-hydrogen) atoms. The van der Waals surface area contributed by atoms with Crippen LogP contribution in [0.25, 0.3) is 0 Å². The molecule has 0 aliphatic heterocycles. The Morgan fingerprint density at radius 1 is 1.53 bits per heavy atom. The molecule has 0 spiro atoms. The fraction of sp³-hybridized carbons (Fsp3) is 0.364. The van der Waals surface area contributed by atoms with Crippen LogP contribution >= 0.6 is 0 Å². The number of benzene rings is 1. The van der Waals surface area contributed by atoms with Crippen molar-refractivity contribution >= 4 is 11.6 Å². The Labute approximate surface area is 107 Å². The Morgan fingerprint density at radius 2 is 2.16 bits per heavy atom. The smallest absolute Gasteiger partial charge is 0.270 e. The largest absolute Gasteiger partial charge is 0.385 e. The van der Waals surface area contributed by atoms with Gasteiger partial charge in [-0.25, -0.2) is 8.78 Å². The molecule has 0 aromatic heterocycles. The molecule has 1 aromatic carbocycles. The number of alkyl halides is 2. The molecule has 0 aliphatic carbocycles. The summed E-state index contributed by atoms with van der Waals surface area (Å²) >= 11 is 0. The molecule has 1 aromatic rings. The molecule has 0 saturated carbocycles. The fourth-order valence-corrected chi connectivity index (χ4v) is 1.35. The van der Waals surface area contributed by atoms with Crippen LogP contribution in [0.5, 0.6) is 0 Å². The molecule has 2 N–H and O–H groups in total. The van der Waals surface area contributed by atoms with Crippen molar-refractivity contribution in [3.8, 4) is 0 Å². The zero-order valence-electron chi connectivity index (χ0n) is 9.97. The van der Waals surface area contributed by atoms with E-state index in [1.54, 1.807) is 6.92 Å². The number of carbonyl (C=O) groups is 1. The third-order valence-electron chi connectivity index (χ3n) is 2.44. The van der Waals surface area contributed by atoms with Crippen molar-refractivity contribution in [1.29, 1.82) is 0 Å². The Balaban J connectivity index is 2.82. The van der Waals surface area contributed by atoms with E-state index < -0.39 is 29.9 Å². The average molecular weight is 274 g/mol. The summed E-state index contributed by atoms with van der Waals surface area (Å²) in [7, 11) is 0. The van der Waals surface area contributed by atoms with Gasteiger partial charge in [0.25, 0.3) is 18.0 Å². The van der Waals surface area contributed by atoms with Gasteiger partial charge in [0.05, 0.1) is 4.92 Å². The lowest BCUT2D eigenvalue weighted by atomic mass is 10.1. The number of nitro benzene ring substituents is 1. The number of aryl methyl sites for hydroxylation is 1. The Bertz CT molecular complexity index is 494. The van der Waals surface area contributed by atoms with Crippen LogP contribution in [0.1, 0.15) is 15.9 Å². The number of aliphatic hydroxyl groups excluding tert-OH is 1. The minimum absolute atomic E-state index is 0.00988. The van der Waals surface area contributed by atoms with Crippen LogP contribution < -0.4 is 5.32 Å². The lowest BCUT2D eigenvalue weighted by Gasteiger charge is -2.11. The molecule has 1 unspecified atom stereocenters. The molecular weight excluding hydrogens is 262 g/mol. The Hall–Kier alpha value is -2.09. The maximum absolute atomic E-state index is 12.0. The van der Waals surface area contributed by atoms with Gasteiger partial charge in [-0.15, -0.1) is 0 Å². The third-order valence-corrected chi connectivity index (χ3v) is 2.44. The number of hydrogen-bond donors (Lipinski definition) is 2. The average Bonchev–Trinajstić information content (AvgIpc) is 2.35. The van der Waals surface area contributed by atoms with Gasteiger partial charge >= 0.3 is 0 Å². The highest BCUT2D eigenvalue weighted by Gasteiger charge is 2.19. The normalized spacial score (nSPS) is 12.3. The van der Waals surface area contributed by atoms with Gasteiger partial charge in [0.15, 0.2) is 0 Å². The van der Waals surface area contributed by atoms with Gasteiger partial charge in [-0.3, -0.25) is 14.9 Å². The summed E-state index contributed by atoms with van der Waals surface area (Å²) in [4.78, 5) is 21.6. The highest BCUT2D eigenvalue weighted by molar-refractivity contribution is 5.96. The fourth-order valence-electron chi connectivity index (χ4n) is 1.35. The van der Waals surface area contributed by atoms with Crippen LogP contribution in [-0.4, -0.2) is 35.0 Å². The van der Waals surface area contributed by atoms with Crippen molar-refractivity contribution in [2.75, 3.05) is 6.54 Å². The second-order valence-electron chi connectivity index (χ2n) is 3.87. The number of carbonyl (C=O) groups excluding carboxylic acids is 1. The highest BCUT2D eigenvalue weighted by atomic mass is 19.3. The summed E-state index contributed by atoms with van der Waals surface area (Å²) in [6.45, 7) is 0.931. The van der Waals surface area contributed by atoms with Crippen molar-refractivity contribution in [3.63, 3.8) is 0 Å². The summed E-state index contributed by atoms with van der Waals surface area (Å²) in [6.07, 6.45) is -4.94. The first-order valence-electron chi connectivity index (χ1n) is 5.32. The van der Waals surface area contributed by atoms with Crippen molar-refractivity contribution in [2.45, 2.75) is 19.5 Å². The van der Waals surface area contributed by atoms with Crippen molar-refractivity contribution in [1.82, 2.24) is 5.32 Å². The van der Waals surface area contributed by atoms with Crippen LogP contribution in [0.4, 0.5) is 14.5 Å². The van der Waals surface area contributed by atoms with E-state index in [0.29, 0.717) is 5.56 Å². The molecule has 6 nitrogen and oxygen atoms in total. The molecule has 0 radical (unpaired) electrons. The SMILES string of the molecule is Cc1ccc([N+](=O)[O-])cc1C(=O)NCC(O)C(F)F. The van der Waals surface area contributed by atoms with Crippen LogP contribution in [0.15, 0.2) is 18.2 Å². The molecule has 0 aliphatic rings. The quantitative estimate of drug-likeness (QED) is 0.624. The highest BCUT2D eigenvalue weighted by Crippen LogP contribution is 2.17. The number of nitro groups is 1. The van der Waals surface area contributed by atoms with Gasteiger partial charge in [0.2, 0.25) is 0 Å². The summed E-state index contributed by atoms with van der Waals surface area (Å²) in [5.74, 6) is -0.749. The number of nitrogens with one attached hydrogen (secondary N) is 1. The maximum atomic E-state index is 12.0. The number of hydrogen-bond acceptors (Lipinski definition) is 4. The molecule has 0 bridgehead atoms. The zero-order chi connectivity index (χ0) is 14.6. The molecule has 0 fully saturated rings. The topological polar surface area (TPSA) is 92.5 Å². The molecular formula is C11H12F2N2O4. The predicted octanol–water partition coefficient (Wildman–Crippen LogP) is 1.26. The van der Waals surface area contributed by atoms with Gasteiger partial charge in [0, 0.05) is 24.2 Å². The van der Waals surface area contributed by atoms with Crippen LogP contribution in [0.3, 0.4) is 0 Å².